The van der Waals surface area contributed by atoms with Crippen LogP contribution in [-0.2, 0) is 19.4 Å². The molecular formula is C19H25N5O2. The van der Waals surface area contributed by atoms with Crippen LogP contribution in [0, 0.1) is 0 Å². The number of hydrogen-bond donors (Lipinski definition) is 1. The number of rotatable bonds is 5. The van der Waals surface area contributed by atoms with Crippen LogP contribution in [0.5, 0.6) is 5.75 Å². The summed E-state index contributed by atoms with van der Waals surface area (Å²) < 4.78 is 7.84. The van der Waals surface area contributed by atoms with E-state index in [0.29, 0.717) is 24.8 Å². The van der Waals surface area contributed by atoms with Crippen molar-refractivity contribution >= 4 is 5.82 Å². The van der Waals surface area contributed by atoms with Crippen molar-refractivity contribution in [2.45, 2.75) is 63.7 Å². The maximum Gasteiger partial charge on any atom is 0.157 e. The van der Waals surface area contributed by atoms with Crippen molar-refractivity contribution in [2.24, 2.45) is 0 Å². The topological polar surface area (TPSA) is 76.3 Å². The predicted molar refractivity (Wildman–Crippen MR) is 96.6 cm³/mol. The van der Waals surface area contributed by atoms with Gasteiger partial charge in [0.2, 0.25) is 0 Å². The van der Waals surface area contributed by atoms with Gasteiger partial charge in [0.05, 0.1) is 18.9 Å². The first kappa shape index (κ1) is 16.1. The van der Waals surface area contributed by atoms with E-state index < -0.39 is 6.10 Å². The minimum Gasteiger partial charge on any atom is -0.482 e. The Labute approximate surface area is 153 Å². The fourth-order valence-corrected chi connectivity index (χ4v) is 4.02. The highest BCUT2D eigenvalue weighted by Gasteiger charge is 2.37. The number of aryl methyl sites for hydroxylation is 2. The first-order chi connectivity index (χ1) is 12.7. The van der Waals surface area contributed by atoms with Gasteiger partial charge >= 0.3 is 0 Å². The molecule has 26 heavy (non-hydrogen) atoms. The molecule has 0 unspecified atom stereocenters. The van der Waals surface area contributed by atoms with Crippen molar-refractivity contribution in [2.75, 3.05) is 18.0 Å². The zero-order valence-corrected chi connectivity index (χ0v) is 15.1. The molecule has 0 bridgehead atoms. The minimum atomic E-state index is -0.531. The fraction of sp³-hybridized carbons (Fsp3) is 0.632. The molecule has 0 spiro atoms. The summed E-state index contributed by atoms with van der Waals surface area (Å²) in [6.45, 7) is 4.04. The van der Waals surface area contributed by atoms with Crippen molar-refractivity contribution in [3.8, 4) is 5.75 Å². The molecule has 1 N–H and O–H groups in total. The third-order valence-electron chi connectivity index (χ3n) is 5.63. The number of aliphatic hydroxyl groups excluding tert-OH is 1. The molecule has 1 saturated heterocycles. The van der Waals surface area contributed by atoms with E-state index in [2.05, 4.69) is 10.00 Å². The molecule has 2 fully saturated rings. The molecule has 2 aromatic heterocycles. The van der Waals surface area contributed by atoms with Gasteiger partial charge in [-0.05, 0) is 39.0 Å². The standard InChI is InChI=1S/C19H25N5O2/c1-2-24-9-13(8-20-24)26-17-11-23(10-16(17)25)19-14-4-3-5-15(14)21-18(22-19)12-6-7-12/h8-9,12,16-17,25H,2-7,10-11H2,1H3/t16-,17-/m1/s1. The van der Waals surface area contributed by atoms with Crippen molar-refractivity contribution in [3.63, 3.8) is 0 Å². The Morgan fingerprint density at radius 1 is 1.23 bits per heavy atom. The lowest BCUT2D eigenvalue weighted by atomic mass is 10.2. The zero-order chi connectivity index (χ0) is 17.7. The second kappa shape index (κ2) is 6.23. The van der Waals surface area contributed by atoms with Crippen LogP contribution in [0.3, 0.4) is 0 Å². The summed E-state index contributed by atoms with van der Waals surface area (Å²) in [7, 11) is 0. The van der Waals surface area contributed by atoms with E-state index in [1.54, 1.807) is 6.20 Å². The van der Waals surface area contributed by atoms with Crippen LogP contribution in [0.25, 0.3) is 0 Å². The van der Waals surface area contributed by atoms with Gasteiger partial charge in [-0.1, -0.05) is 0 Å². The Morgan fingerprint density at radius 2 is 2.12 bits per heavy atom. The van der Waals surface area contributed by atoms with Crippen LogP contribution < -0.4 is 9.64 Å². The van der Waals surface area contributed by atoms with Gasteiger partial charge in [-0.15, -0.1) is 0 Å². The Bertz CT molecular complexity index is 816. The van der Waals surface area contributed by atoms with E-state index in [1.165, 1.54) is 24.1 Å². The van der Waals surface area contributed by atoms with Crippen molar-refractivity contribution in [3.05, 3.63) is 29.5 Å². The second-order valence-corrected chi connectivity index (χ2v) is 7.62. The van der Waals surface area contributed by atoms with E-state index in [9.17, 15) is 5.11 Å². The largest absolute Gasteiger partial charge is 0.482 e. The predicted octanol–water partition coefficient (Wildman–Crippen LogP) is 1.69. The summed E-state index contributed by atoms with van der Waals surface area (Å²) in [6, 6.07) is 0. The number of nitrogens with zero attached hydrogens (tertiary/aromatic N) is 5. The lowest BCUT2D eigenvalue weighted by Gasteiger charge is -2.21. The van der Waals surface area contributed by atoms with Gasteiger partial charge in [-0.25, -0.2) is 9.97 Å². The number of fused-ring (bicyclic) bond motifs is 1. The van der Waals surface area contributed by atoms with Crippen LogP contribution in [0.1, 0.15) is 49.2 Å². The van der Waals surface area contributed by atoms with E-state index >= 15 is 0 Å². The quantitative estimate of drug-likeness (QED) is 0.880. The van der Waals surface area contributed by atoms with Crippen LogP contribution in [-0.4, -0.2) is 50.2 Å². The van der Waals surface area contributed by atoms with Crippen LogP contribution >= 0.6 is 0 Å². The summed E-state index contributed by atoms with van der Waals surface area (Å²) in [4.78, 5) is 11.9. The maximum atomic E-state index is 10.5. The monoisotopic (exact) mass is 355 g/mol. The Morgan fingerprint density at radius 3 is 2.88 bits per heavy atom. The Balaban J connectivity index is 1.38. The van der Waals surface area contributed by atoms with E-state index in [4.69, 9.17) is 14.7 Å². The van der Waals surface area contributed by atoms with Gasteiger partial charge in [0.15, 0.2) is 5.75 Å². The summed E-state index contributed by atoms with van der Waals surface area (Å²) in [5, 5.41) is 14.8. The van der Waals surface area contributed by atoms with Crippen molar-refractivity contribution in [1.82, 2.24) is 19.7 Å². The second-order valence-electron chi connectivity index (χ2n) is 7.62. The Kier molecular flexibility index (Phi) is 3.85. The van der Waals surface area contributed by atoms with E-state index in [0.717, 1.165) is 37.4 Å². The van der Waals surface area contributed by atoms with Gasteiger partial charge < -0.3 is 14.7 Å². The number of anilines is 1. The number of aliphatic hydroxyl groups is 1. The summed E-state index contributed by atoms with van der Waals surface area (Å²) in [5.41, 5.74) is 2.50. The number of aromatic nitrogens is 4. The molecule has 0 aromatic carbocycles. The highest BCUT2D eigenvalue weighted by molar-refractivity contribution is 5.53. The molecule has 5 rings (SSSR count). The number of ether oxygens (including phenoxy) is 1. The molecular weight excluding hydrogens is 330 g/mol. The first-order valence-electron chi connectivity index (χ1n) is 9.73. The Hall–Kier alpha value is -2.15. The van der Waals surface area contributed by atoms with Gasteiger partial charge in [0.25, 0.3) is 0 Å². The first-order valence-corrected chi connectivity index (χ1v) is 9.73. The number of β-amino-alcohol motifs (C(OH)–C–C–N with tert-alkyl or cyclic N) is 1. The molecule has 2 atom stereocenters. The molecule has 138 valence electrons. The van der Waals surface area contributed by atoms with Crippen LogP contribution in [0.15, 0.2) is 12.4 Å². The molecule has 0 amide bonds. The fourth-order valence-electron chi connectivity index (χ4n) is 4.02. The average Bonchev–Trinajstić information content (AvgIpc) is 3.05. The van der Waals surface area contributed by atoms with E-state index in [-0.39, 0.29) is 6.10 Å². The summed E-state index contributed by atoms with van der Waals surface area (Å²) >= 11 is 0. The molecule has 1 saturated carbocycles. The lowest BCUT2D eigenvalue weighted by molar-refractivity contribution is 0.0737. The highest BCUT2D eigenvalue weighted by Crippen LogP contribution is 2.41. The minimum absolute atomic E-state index is 0.263. The molecule has 3 heterocycles. The third-order valence-corrected chi connectivity index (χ3v) is 5.63. The lowest BCUT2D eigenvalue weighted by Crippen LogP contribution is -2.30. The molecule has 0 radical (unpaired) electrons. The average molecular weight is 355 g/mol. The third kappa shape index (κ3) is 2.84. The molecule has 2 aromatic rings. The molecule has 1 aliphatic heterocycles. The SMILES string of the molecule is CCn1cc(O[C@@H]2CN(c3nc(C4CC4)nc4c3CCC4)C[C@H]2O)cn1. The van der Waals surface area contributed by atoms with Gasteiger partial charge in [-0.2, -0.15) is 5.10 Å². The zero-order valence-electron chi connectivity index (χ0n) is 15.1. The summed E-state index contributed by atoms with van der Waals surface area (Å²) in [6.07, 6.45) is 8.45. The van der Waals surface area contributed by atoms with E-state index in [1.807, 2.05) is 17.8 Å². The highest BCUT2D eigenvalue weighted by atomic mass is 16.5. The molecule has 3 aliphatic rings. The summed E-state index contributed by atoms with van der Waals surface area (Å²) in [5.74, 6) is 3.29. The van der Waals surface area contributed by atoms with Crippen LogP contribution in [0.4, 0.5) is 5.82 Å². The normalized spacial score (nSPS) is 24.9. The van der Waals surface area contributed by atoms with Crippen molar-refractivity contribution < 1.29 is 9.84 Å². The smallest absolute Gasteiger partial charge is 0.157 e. The number of hydrogen-bond acceptors (Lipinski definition) is 6. The van der Waals surface area contributed by atoms with Gasteiger partial charge in [0, 0.05) is 30.3 Å². The van der Waals surface area contributed by atoms with Crippen LogP contribution in [0.2, 0.25) is 0 Å². The van der Waals surface area contributed by atoms with Crippen molar-refractivity contribution in [1.29, 1.82) is 0 Å². The molecule has 7 heteroatoms. The molecule has 2 aliphatic carbocycles. The van der Waals surface area contributed by atoms with Gasteiger partial charge in [-0.3, -0.25) is 4.68 Å². The van der Waals surface area contributed by atoms with Gasteiger partial charge in [0.1, 0.15) is 23.9 Å². The molecule has 7 nitrogen and oxygen atoms in total. The maximum absolute atomic E-state index is 10.5.